The molecule has 0 aliphatic carbocycles. The van der Waals surface area contributed by atoms with E-state index in [4.69, 9.17) is 0 Å². The standard InChI is InChI=1S/C26H34N8O/c1-19(24-31-20-9-2-3-10-21(20)32-24)29-17-7-15-27-13-6-14-28-16-8-18-30-26(35)25-33-22-11-4-5-12-23(22)34-25/h2-5,9-12,27-29H,1,6-8,13-18H2,(H,30,35)(H,31,32)(H,33,34). The van der Waals surface area contributed by atoms with Gasteiger partial charge in [0.25, 0.3) is 5.91 Å². The Kier molecular flexibility index (Phi) is 8.85. The van der Waals surface area contributed by atoms with Crippen LogP contribution in [0.2, 0.25) is 0 Å². The molecule has 0 fully saturated rings. The van der Waals surface area contributed by atoms with Gasteiger partial charge in [0.2, 0.25) is 0 Å². The van der Waals surface area contributed by atoms with Gasteiger partial charge in [0.05, 0.1) is 27.8 Å². The molecule has 9 heteroatoms. The van der Waals surface area contributed by atoms with Crippen LogP contribution in [0.15, 0.2) is 55.1 Å². The van der Waals surface area contributed by atoms with Gasteiger partial charge in [-0.25, -0.2) is 9.97 Å². The van der Waals surface area contributed by atoms with Crippen LogP contribution >= 0.6 is 0 Å². The first kappa shape index (κ1) is 24.4. The first-order valence-corrected chi connectivity index (χ1v) is 12.2. The van der Waals surface area contributed by atoms with Crippen LogP contribution in [0.25, 0.3) is 27.8 Å². The fourth-order valence-electron chi connectivity index (χ4n) is 3.78. The van der Waals surface area contributed by atoms with Gasteiger partial charge < -0.3 is 31.2 Å². The number of amides is 1. The third kappa shape index (κ3) is 7.14. The lowest BCUT2D eigenvalue weighted by atomic mass is 10.3. The molecule has 0 aliphatic heterocycles. The van der Waals surface area contributed by atoms with E-state index in [2.05, 4.69) is 47.8 Å². The first-order valence-electron chi connectivity index (χ1n) is 12.2. The second kappa shape index (κ2) is 12.7. The number of hydrogen-bond donors (Lipinski definition) is 6. The Hall–Kier alpha value is -3.69. The predicted molar refractivity (Wildman–Crippen MR) is 141 cm³/mol. The molecule has 0 unspecified atom stereocenters. The van der Waals surface area contributed by atoms with Gasteiger partial charge in [-0.1, -0.05) is 30.8 Å². The Morgan fingerprint density at radius 3 is 1.77 bits per heavy atom. The van der Waals surface area contributed by atoms with Crippen molar-refractivity contribution in [3.05, 3.63) is 66.8 Å². The lowest BCUT2D eigenvalue weighted by molar-refractivity contribution is 0.0944. The van der Waals surface area contributed by atoms with Gasteiger partial charge in [0, 0.05) is 13.1 Å². The molecule has 2 aromatic carbocycles. The van der Waals surface area contributed by atoms with Crippen LogP contribution in [0.3, 0.4) is 0 Å². The molecule has 0 spiro atoms. The number of imidazole rings is 2. The average molecular weight is 475 g/mol. The van der Waals surface area contributed by atoms with Gasteiger partial charge in [-0.05, 0) is 69.7 Å². The molecule has 4 aromatic rings. The normalized spacial score (nSPS) is 11.2. The number of carbonyl (C=O) groups is 1. The minimum absolute atomic E-state index is 0.166. The fraction of sp³-hybridized carbons (Fsp3) is 0.346. The summed E-state index contributed by atoms with van der Waals surface area (Å²) in [5.41, 5.74) is 4.47. The topological polar surface area (TPSA) is 123 Å². The number of para-hydroxylation sites is 4. The van der Waals surface area contributed by atoms with Gasteiger partial charge in [0.15, 0.2) is 11.6 Å². The van der Waals surface area contributed by atoms with E-state index in [0.717, 1.165) is 85.6 Å². The molecule has 1 amide bonds. The van der Waals surface area contributed by atoms with Gasteiger partial charge in [-0.3, -0.25) is 4.79 Å². The number of benzene rings is 2. The molecule has 2 aromatic heterocycles. The van der Waals surface area contributed by atoms with Crippen LogP contribution in [-0.4, -0.2) is 65.1 Å². The zero-order chi connectivity index (χ0) is 24.3. The third-order valence-corrected chi connectivity index (χ3v) is 5.67. The number of hydrogen-bond acceptors (Lipinski definition) is 6. The van der Waals surface area contributed by atoms with E-state index >= 15 is 0 Å². The van der Waals surface area contributed by atoms with E-state index in [1.165, 1.54) is 0 Å². The second-order valence-electron chi connectivity index (χ2n) is 8.43. The highest BCUT2D eigenvalue weighted by Crippen LogP contribution is 2.14. The Labute approximate surface area is 205 Å². The van der Waals surface area contributed by atoms with Gasteiger partial charge in [-0.15, -0.1) is 0 Å². The highest BCUT2D eigenvalue weighted by Gasteiger charge is 2.10. The van der Waals surface area contributed by atoms with Crippen molar-refractivity contribution < 1.29 is 4.79 Å². The highest BCUT2D eigenvalue weighted by molar-refractivity contribution is 5.94. The quantitative estimate of drug-likeness (QED) is 0.147. The molecule has 0 saturated heterocycles. The van der Waals surface area contributed by atoms with E-state index < -0.39 is 0 Å². The molecule has 2 heterocycles. The maximum Gasteiger partial charge on any atom is 0.287 e. The van der Waals surface area contributed by atoms with Crippen LogP contribution in [-0.2, 0) is 0 Å². The van der Waals surface area contributed by atoms with Crippen molar-refractivity contribution in [1.29, 1.82) is 0 Å². The van der Waals surface area contributed by atoms with Crippen LogP contribution in [0.4, 0.5) is 0 Å². The molecular weight excluding hydrogens is 440 g/mol. The van der Waals surface area contributed by atoms with E-state index in [1.54, 1.807) is 0 Å². The zero-order valence-corrected chi connectivity index (χ0v) is 20.0. The Morgan fingerprint density at radius 2 is 1.17 bits per heavy atom. The van der Waals surface area contributed by atoms with Crippen molar-refractivity contribution in [2.24, 2.45) is 0 Å². The van der Waals surface area contributed by atoms with E-state index in [1.807, 2.05) is 48.5 Å². The molecule has 184 valence electrons. The average Bonchev–Trinajstić information content (AvgIpc) is 3.51. The van der Waals surface area contributed by atoms with Crippen LogP contribution in [0.1, 0.15) is 35.7 Å². The maximum absolute atomic E-state index is 12.2. The SMILES string of the molecule is C=C(NCCCNCCCNCCCNC(=O)c1nc2ccccc2[nH]1)c1nc2ccccc2[nH]1. The molecule has 0 bridgehead atoms. The van der Waals surface area contributed by atoms with Crippen molar-refractivity contribution >= 4 is 33.7 Å². The Bertz CT molecular complexity index is 1080. The number of H-pyrrole nitrogens is 2. The van der Waals surface area contributed by atoms with E-state index in [-0.39, 0.29) is 5.91 Å². The molecule has 4 rings (SSSR count). The van der Waals surface area contributed by atoms with Crippen molar-refractivity contribution in [3.63, 3.8) is 0 Å². The van der Waals surface area contributed by atoms with Crippen molar-refractivity contribution in [1.82, 2.24) is 41.2 Å². The van der Waals surface area contributed by atoms with E-state index in [9.17, 15) is 4.79 Å². The number of nitrogens with zero attached hydrogens (tertiary/aromatic N) is 2. The summed E-state index contributed by atoms with van der Waals surface area (Å²) < 4.78 is 0. The highest BCUT2D eigenvalue weighted by atomic mass is 16.2. The Morgan fingerprint density at radius 1 is 0.686 bits per heavy atom. The van der Waals surface area contributed by atoms with Gasteiger partial charge in [-0.2, -0.15) is 0 Å². The van der Waals surface area contributed by atoms with Crippen LogP contribution in [0, 0.1) is 0 Å². The van der Waals surface area contributed by atoms with Crippen molar-refractivity contribution in [3.8, 4) is 0 Å². The number of nitrogens with one attached hydrogen (secondary N) is 6. The predicted octanol–water partition coefficient (Wildman–Crippen LogP) is 2.78. The fourth-order valence-corrected chi connectivity index (χ4v) is 3.78. The summed E-state index contributed by atoms with van der Waals surface area (Å²) in [6, 6.07) is 15.6. The molecule has 0 aliphatic rings. The first-order chi connectivity index (χ1) is 17.2. The minimum atomic E-state index is -0.166. The monoisotopic (exact) mass is 474 g/mol. The number of carbonyl (C=O) groups excluding carboxylic acids is 1. The second-order valence-corrected chi connectivity index (χ2v) is 8.43. The molecule has 0 atom stereocenters. The zero-order valence-electron chi connectivity index (χ0n) is 20.0. The summed E-state index contributed by atoms with van der Waals surface area (Å²) in [6.45, 7) is 9.29. The molecule has 6 N–H and O–H groups in total. The summed E-state index contributed by atoms with van der Waals surface area (Å²) in [5.74, 6) is 0.986. The minimum Gasteiger partial charge on any atom is -0.382 e. The molecule has 35 heavy (non-hydrogen) atoms. The number of aromatic amines is 2. The van der Waals surface area contributed by atoms with E-state index in [0.29, 0.717) is 12.4 Å². The lowest BCUT2D eigenvalue weighted by Gasteiger charge is -2.09. The lowest BCUT2D eigenvalue weighted by Crippen LogP contribution is -2.29. The third-order valence-electron chi connectivity index (χ3n) is 5.67. The maximum atomic E-state index is 12.2. The van der Waals surface area contributed by atoms with Gasteiger partial charge in [0.1, 0.15) is 0 Å². The molecule has 9 nitrogen and oxygen atoms in total. The summed E-state index contributed by atoms with van der Waals surface area (Å²) in [5, 5.41) is 13.1. The largest absolute Gasteiger partial charge is 0.382 e. The number of rotatable bonds is 15. The van der Waals surface area contributed by atoms with Crippen molar-refractivity contribution in [2.75, 3.05) is 39.3 Å². The molecular formula is C26H34N8O. The summed E-state index contributed by atoms with van der Waals surface area (Å²) in [7, 11) is 0. The van der Waals surface area contributed by atoms with Crippen LogP contribution < -0.4 is 21.3 Å². The van der Waals surface area contributed by atoms with Gasteiger partial charge >= 0.3 is 0 Å². The molecule has 0 saturated carbocycles. The Balaban J connectivity index is 0.959. The summed E-state index contributed by atoms with van der Waals surface area (Å²) in [4.78, 5) is 27.4. The molecule has 0 radical (unpaired) electrons. The smallest absolute Gasteiger partial charge is 0.287 e. The number of fused-ring (bicyclic) bond motifs is 2. The number of aromatic nitrogens is 4. The van der Waals surface area contributed by atoms with Crippen molar-refractivity contribution in [2.45, 2.75) is 19.3 Å². The summed E-state index contributed by atoms with van der Waals surface area (Å²) in [6.07, 6.45) is 2.95. The van der Waals surface area contributed by atoms with Crippen LogP contribution in [0.5, 0.6) is 0 Å². The summed E-state index contributed by atoms with van der Waals surface area (Å²) >= 11 is 0.